The van der Waals surface area contributed by atoms with Crippen LogP contribution in [0.3, 0.4) is 0 Å². The largest absolute Gasteiger partial charge is 0.302 e. The number of thiazole rings is 1. The second-order valence-corrected chi connectivity index (χ2v) is 9.31. The maximum Gasteiger partial charge on any atom is 0.226 e. The van der Waals surface area contributed by atoms with E-state index >= 15 is 0 Å². The highest BCUT2D eigenvalue weighted by atomic mass is 79.9. The van der Waals surface area contributed by atoms with Crippen molar-refractivity contribution >= 4 is 60.9 Å². The molecule has 0 aliphatic carbocycles. The van der Waals surface area contributed by atoms with E-state index in [4.69, 9.17) is 0 Å². The molecule has 4 nitrogen and oxygen atoms in total. The Bertz CT molecular complexity index is 701. The zero-order valence-corrected chi connectivity index (χ0v) is 16.8. The standard InChI is InChI=1S/C15H17BrN2O2S3/c1-10-14(21-2)22-15(17-10)18-13(19)4-3-9-23(20)12-7-5-11(16)6-8-12/h5-8H,3-4,9H2,1-2H3,(H,17,18,19). The molecule has 124 valence electrons. The van der Waals surface area contributed by atoms with Crippen LogP contribution in [0.15, 0.2) is 37.8 Å². The van der Waals surface area contributed by atoms with Gasteiger partial charge in [-0.25, -0.2) is 4.98 Å². The van der Waals surface area contributed by atoms with Gasteiger partial charge in [-0.15, -0.1) is 11.8 Å². The Hall–Kier alpha value is -0.700. The predicted molar refractivity (Wildman–Crippen MR) is 102 cm³/mol. The fourth-order valence-corrected chi connectivity index (χ4v) is 4.85. The van der Waals surface area contributed by atoms with Crippen LogP contribution in [0.25, 0.3) is 0 Å². The first-order valence-corrected chi connectivity index (χ1v) is 11.1. The molecule has 0 aliphatic rings. The van der Waals surface area contributed by atoms with Gasteiger partial charge in [0.25, 0.3) is 0 Å². The molecule has 8 heteroatoms. The van der Waals surface area contributed by atoms with Crippen LogP contribution in [0.5, 0.6) is 0 Å². The predicted octanol–water partition coefficient (Wildman–Crippen LogP) is 4.46. The number of hydrogen-bond donors (Lipinski definition) is 1. The van der Waals surface area contributed by atoms with E-state index in [-0.39, 0.29) is 5.91 Å². The Morgan fingerprint density at radius 3 is 2.70 bits per heavy atom. The first-order chi connectivity index (χ1) is 11.0. The van der Waals surface area contributed by atoms with Crippen LogP contribution in [0.1, 0.15) is 18.5 Å². The molecule has 2 rings (SSSR count). The van der Waals surface area contributed by atoms with E-state index in [0.717, 1.165) is 19.3 Å². The number of benzene rings is 1. The maximum absolute atomic E-state index is 12.1. The van der Waals surface area contributed by atoms with Crippen molar-refractivity contribution in [2.24, 2.45) is 0 Å². The first-order valence-electron chi connectivity index (χ1n) is 6.95. The van der Waals surface area contributed by atoms with Crippen LogP contribution in [0.2, 0.25) is 0 Å². The minimum Gasteiger partial charge on any atom is -0.302 e. The van der Waals surface area contributed by atoms with Crippen molar-refractivity contribution < 1.29 is 9.00 Å². The quantitative estimate of drug-likeness (QED) is 0.655. The monoisotopic (exact) mass is 432 g/mol. The number of hydrogen-bond acceptors (Lipinski definition) is 5. The van der Waals surface area contributed by atoms with Gasteiger partial charge >= 0.3 is 0 Å². The summed E-state index contributed by atoms with van der Waals surface area (Å²) in [6, 6.07) is 7.41. The fourth-order valence-electron chi connectivity index (χ4n) is 1.88. The van der Waals surface area contributed by atoms with E-state index in [0.29, 0.717) is 23.7 Å². The van der Waals surface area contributed by atoms with Crippen LogP contribution in [-0.2, 0) is 15.6 Å². The molecule has 0 spiro atoms. The van der Waals surface area contributed by atoms with Crippen molar-refractivity contribution in [2.75, 3.05) is 17.3 Å². The van der Waals surface area contributed by atoms with Crippen LogP contribution < -0.4 is 5.32 Å². The van der Waals surface area contributed by atoms with E-state index in [1.807, 2.05) is 37.4 Å². The minimum atomic E-state index is -1.07. The molecule has 0 radical (unpaired) electrons. The molecular formula is C15H17BrN2O2S3. The first kappa shape index (κ1) is 18.6. The number of aromatic nitrogens is 1. The third kappa shape index (κ3) is 5.70. The molecule has 23 heavy (non-hydrogen) atoms. The van der Waals surface area contributed by atoms with Gasteiger partial charge in [0, 0.05) is 21.5 Å². The molecule has 0 fully saturated rings. The summed E-state index contributed by atoms with van der Waals surface area (Å²) in [6.07, 6.45) is 2.91. The minimum absolute atomic E-state index is 0.0841. The number of aryl methyl sites for hydroxylation is 1. The van der Waals surface area contributed by atoms with Gasteiger partial charge < -0.3 is 5.32 Å². The van der Waals surface area contributed by atoms with E-state index in [1.54, 1.807) is 11.8 Å². The molecule has 1 aromatic heterocycles. The van der Waals surface area contributed by atoms with Crippen molar-refractivity contribution in [2.45, 2.75) is 28.9 Å². The zero-order valence-electron chi connectivity index (χ0n) is 12.8. The van der Waals surface area contributed by atoms with Crippen LogP contribution in [0.4, 0.5) is 5.13 Å². The zero-order chi connectivity index (χ0) is 16.8. The Morgan fingerprint density at radius 2 is 2.09 bits per heavy atom. The summed E-state index contributed by atoms with van der Waals surface area (Å²) in [5.74, 6) is 0.390. The summed E-state index contributed by atoms with van der Waals surface area (Å²) in [7, 11) is -1.07. The molecule has 0 bridgehead atoms. The Morgan fingerprint density at radius 1 is 1.39 bits per heavy atom. The maximum atomic E-state index is 12.1. The summed E-state index contributed by atoms with van der Waals surface area (Å²) < 4.78 is 14.2. The van der Waals surface area contributed by atoms with Crippen LogP contribution in [-0.4, -0.2) is 27.1 Å². The fraction of sp³-hybridized carbons (Fsp3) is 0.333. The Kier molecular flexibility index (Phi) is 7.26. The lowest BCUT2D eigenvalue weighted by atomic mass is 10.3. The molecule has 0 saturated heterocycles. The Labute approximate surface area is 155 Å². The second-order valence-electron chi connectivity index (χ2n) is 4.75. The normalized spacial score (nSPS) is 12.1. The summed E-state index contributed by atoms with van der Waals surface area (Å²) in [4.78, 5) is 17.0. The molecule has 1 aromatic carbocycles. The molecule has 1 heterocycles. The topological polar surface area (TPSA) is 59.1 Å². The number of halogens is 1. The lowest BCUT2D eigenvalue weighted by Gasteiger charge is -2.03. The van der Waals surface area contributed by atoms with Gasteiger partial charge in [0.2, 0.25) is 5.91 Å². The molecule has 1 atom stereocenters. The van der Waals surface area contributed by atoms with Gasteiger partial charge in [-0.1, -0.05) is 27.3 Å². The van der Waals surface area contributed by atoms with Crippen molar-refractivity contribution in [1.29, 1.82) is 0 Å². The number of nitrogens with zero attached hydrogens (tertiary/aromatic N) is 1. The molecule has 1 amide bonds. The lowest BCUT2D eigenvalue weighted by molar-refractivity contribution is -0.116. The van der Waals surface area contributed by atoms with Crippen molar-refractivity contribution in [3.05, 3.63) is 34.4 Å². The Balaban J connectivity index is 1.78. The third-order valence-electron chi connectivity index (χ3n) is 3.00. The second kappa shape index (κ2) is 8.96. The smallest absolute Gasteiger partial charge is 0.226 e. The van der Waals surface area contributed by atoms with Crippen molar-refractivity contribution in [3.63, 3.8) is 0 Å². The molecule has 0 saturated carbocycles. The summed E-state index contributed by atoms with van der Waals surface area (Å²) in [6.45, 7) is 1.93. The third-order valence-corrected chi connectivity index (χ3v) is 7.27. The number of thioether (sulfide) groups is 1. The van der Waals surface area contributed by atoms with E-state index in [2.05, 4.69) is 26.2 Å². The molecule has 1 N–H and O–H groups in total. The average Bonchev–Trinajstić information content (AvgIpc) is 2.87. The molecule has 0 aliphatic heterocycles. The number of rotatable bonds is 7. The SMILES string of the molecule is CSc1sc(NC(=O)CCCS(=O)c2ccc(Br)cc2)nc1C. The van der Waals surface area contributed by atoms with Gasteiger partial charge in [0.15, 0.2) is 5.13 Å². The van der Waals surface area contributed by atoms with Crippen LogP contribution >= 0.6 is 39.0 Å². The summed E-state index contributed by atoms with van der Waals surface area (Å²) in [5, 5.41) is 3.44. The van der Waals surface area contributed by atoms with E-state index in [9.17, 15) is 9.00 Å². The average molecular weight is 433 g/mol. The number of carbonyl (C=O) groups excluding carboxylic acids is 1. The summed E-state index contributed by atoms with van der Waals surface area (Å²) in [5.41, 5.74) is 0.939. The molecule has 1 unspecified atom stereocenters. The van der Waals surface area contributed by atoms with Gasteiger partial charge in [0.1, 0.15) is 0 Å². The summed E-state index contributed by atoms with van der Waals surface area (Å²) >= 11 is 6.46. The van der Waals surface area contributed by atoms with E-state index in [1.165, 1.54) is 11.3 Å². The number of amides is 1. The van der Waals surface area contributed by atoms with E-state index < -0.39 is 10.8 Å². The highest BCUT2D eigenvalue weighted by Crippen LogP contribution is 2.30. The molecule has 2 aromatic rings. The van der Waals surface area contributed by atoms with Gasteiger partial charge in [-0.2, -0.15) is 0 Å². The van der Waals surface area contributed by atoms with Crippen LogP contribution in [0, 0.1) is 6.92 Å². The lowest BCUT2D eigenvalue weighted by Crippen LogP contribution is -2.12. The van der Waals surface area contributed by atoms with Crippen molar-refractivity contribution in [3.8, 4) is 0 Å². The van der Waals surface area contributed by atoms with Gasteiger partial charge in [0.05, 0.1) is 20.7 Å². The highest BCUT2D eigenvalue weighted by Gasteiger charge is 2.11. The number of carbonyl (C=O) groups is 1. The highest BCUT2D eigenvalue weighted by molar-refractivity contribution is 9.10. The van der Waals surface area contributed by atoms with Gasteiger partial charge in [-0.05, 0) is 43.9 Å². The number of nitrogens with one attached hydrogen (secondary N) is 1. The van der Waals surface area contributed by atoms with Crippen molar-refractivity contribution in [1.82, 2.24) is 4.98 Å². The molecular weight excluding hydrogens is 416 g/mol. The number of anilines is 1. The van der Waals surface area contributed by atoms with Gasteiger partial charge in [-0.3, -0.25) is 9.00 Å².